The van der Waals surface area contributed by atoms with Crippen molar-refractivity contribution >= 4 is 5.97 Å². The number of fused-ring (bicyclic) bond motifs is 5. The van der Waals surface area contributed by atoms with Gasteiger partial charge >= 0.3 is 11.7 Å². The molecule has 3 aromatic rings. The van der Waals surface area contributed by atoms with Crippen LogP contribution in [-0.4, -0.2) is 28.8 Å². The molecule has 2 aliphatic rings. The summed E-state index contributed by atoms with van der Waals surface area (Å²) in [7, 11) is 4.29. The Morgan fingerprint density at radius 2 is 1.76 bits per heavy atom. The highest BCUT2D eigenvalue weighted by molar-refractivity contribution is 5.82. The van der Waals surface area contributed by atoms with Crippen LogP contribution >= 0.6 is 0 Å². The number of rotatable bonds is 2. The number of hydrogen-bond acceptors (Lipinski definition) is 6. The third kappa shape index (κ3) is 2.79. The average Bonchev–Trinajstić information content (AvgIpc) is 2.84. The average molecular weight is 448 g/mol. The molecule has 0 spiro atoms. The zero-order valence-electron chi connectivity index (χ0n) is 18.8. The number of ether oxygens (including phenoxy) is 3. The molecule has 3 atom stereocenters. The van der Waals surface area contributed by atoms with E-state index < -0.39 is 34.7 Å². The summed E-state index contributed by atoms with van der Waals surface area (Å²) in [6.07, 6.45) is -0.853. The van der Waals surface area contributed by atoms with Crippen molar-refractivity contribution in [1.29, 1.82) is 0 Å². The third-order valence-corrected chi connectivity index (χ3v) is 6.79. The SMILES string of the molecule is COC(=O)[C@]12COc3ccccc3[C@H]1c1c(n(C)c(=O)n(C)c1=O)O[C@H]2c1ccc(C)cc1. The summed E-state index contributed by atoms with van der Waals surface area (Å²) in [5.74, 6) is -0.562. The molecule has 8 heteroatoms. The van der Waals surface area contributed by atoms with Crippen LogP contribution in [0, 0.1) is 12.3 Å². The first-order valence-corrected chi connectivity index (χ1v) is 10.6. The predicted octanol–water partition coefficient (Wildman–Crippen LogP) is 2.21. The molecule has 0 N–H and O–H groups in total. The van der Waals surface area contributed by atoms with Crippen molar-refractivity contribution in [2.24, 2.45) is 19.5 Å². The van der Waals surface area contributed by atoms with Crippen molar-refractivity contribution in [3.63, 3.8) is 0 Å². The van der Waals surface area contributed by atoms with Crippen LogP contribution in [0.1, 0.15) is 34.3 Å². The molecule has 0 radical (unpaired) electrons. The van der Waals surface area contributed by atoms with Gasteiger partial charge in [0.25, 0.3) is 5.56 Å². The molecular formula is C25H24N2O6. The maximum Gasteiger partial charge on any atom is 0.333 e. The Morgan fingerprint density at radius 3 is 2.45 bits per heavy atom. The van der Waals surface area contributed by atoms with Gasteiger partial charge in [0.1, 0.15) is 18.5 Å². The second-order valence-corrected chi connectivity index (χ2v) is 8.62. The summed E-state index contributed by atoms with van der Waals surface area (Å²) >= 11 is 0. The summed E-state index contributed by atoms with van der Waals surface area (Å²) in [6.45, 7) is 1.92. The summed E-state index contributed by atoms with van der Waals surface area (Å²) in [4.78, 5) is 39.8. The van der Waals surface area contributed by atoms with Gasteiger partial charge in [0.05, 0.1) is 12.7 Å². The minimum Gasteiger partial charge on any atom is -0.492 e. The second-order valence-electron chi connectivity index (χ2n) is 8.62. The lowest BCUT2D eigenvalue weighted by molar-refractivity contribution is -0.168. The maximum absolute atomic E-state index is 13.6. The highest BCUT2D eigenvalue weighted by atomic mass is 16.5. The number of para-hydroxylation sites is 1. The number of carbonyl (C=O) groups excluding carboxylic acids is 1. The van der Waals surface area contributed by atoms with Gasteiger partial charge in [-0.1, -0.05) is 48.0 Å². The number of benzene rings is 2. The Hall–Kier alpha value is -3.81. The van der Waals surface area contributed by atoms with E-state index in [9.17, 15) is 14.4 Å². The molecule has 8 nitrogen and oxygen atoms in total. The van der Waals surface area contributed by atoms with Gasteiger partial charge in [-0.05, 0) is 18.6 Å². The first kappa shape index (κ1) is 21.1. The smallest absolute Gasteiger partial charge is 0.333 e. The van der Waals surface area contributed by atoms with Crippen LogP contribution < -0.4 is 20.7 Å². The van der Waals surface area contributed by atoms with Gasteiger partial charge in [-0.2, -0.15) is 0 Å². The van der Waals surface area contributed by atoms with Gasteiger partial charge in [-0.15, -0.1) is 0 Å². The van der Waals surface area contributed by atoms with Gasteiger partial charge in [-0.3, -0.25) is 18.7 Å². The Balaban J connectivity index is 1.92. The van der Waals surface area contributed by atoms with Crippen LogP contribution in [-0.2, 0) is 23.6 Å². The van der Waals surface area contributed by atoms with E-state index in [0.717, 1.165) is 15.7 Å². The molecule has 0 saturated carbocycles. The number of esters is 1. The maximum atomic E-state index is 13.6. The zero-order chi connectivity index (χ0) is 23.5. The Kier molecular flexibility index (Phi) is 4.70. The Bertz CT molecular complexity index is 1390. The fraction of sp³-hybridized carbons (Fsp3) is 0.320. The predicted molar refractivity (Wildman–Crippen MR) is 120 cm³/mol. The molecule has 5 rings (SSSR count). The van der Waals surface area contributed by atoms with E-state index in [4.69, 9.17) is 14.2 Å². The standard InChI is InChI=1S/C25H24N2O6/c1-14-9-11-15(12-10-14)20-25(23(29)31-4)13-32-17-8-6-5-7-16(17)19(25)18-21(28)26(2)24(30)27(3)22(18)33-20/h5-12,19-20H,13H2,1-4H3/t19-,20-,25+/m0/s1. The molecular weight excluding hydrogens is 424 g/mol. The highest BCUT2D eigenvalue weighted by Crippen LogP contribution is 2.59. The topological polar surface area (TPSA) is 88.8 Å². The van der Waals surface area contributed by atoms with E-state index in [2.05, 4.69) is 0 Å². The molecule has 33 heavy (non-hydrogen) atoms. The van der Waals surface area contributed by atoms with Crippen molar-refractivity contribution in [2.75, 3.05) is 13.7 Å². The minimum atomic E-state index is -1.38. The van der Waals surface area contributed by atoms with Gasteiger partial charge < -0.3 is 14.2 Å². The van der Waals surface area contributed by atoms with Crippen LogP contribution in [0.3, 0.4) is 0 Å². The van der Waals surface area contributed by atoms with E-state index in [1.165, 1.54) is 18.7 Å². The molecule has 0 saturated heterocycles. The van der Waals surface area contributed by atoms with E-state index in [-0.39, 0.29) is 18.1 Å². The van der Waals surface area contributed by atoms with E-state index in [0.29, 0.717) is 11.3 Å². The molecule has 0 fully saturated rings. The lowest BCUT2D eigenvalue weighted by Crippen LogP contribution is -2.57. The molecule has 1 aromatic heterocycles. The van der Waals surface area contributed by atoms with Crippen LogP contribution in [0.5, 0.6) is 11.6 Å². The second kappa shape index (κ2) is 7.37. The quantitative estimate of drug-likeness (QED) is 0.559. The molecule has 2 aliphatic heterocycles. The molecule has 0 aliphatic carbocycles. The van der Waals surface area contributed by atoms with Gasteiger partial charge in [0.15, 0.2) is 5.41 Å². The first-order valence-electron chi connectivity index (χ1n) is 10.6. The summed E-state index contributed by atoms with van der Waals surface area (Å²) < 4.78 is 20.1. The van der Waals surface area contributed by atoms with Crippen molar-refractivity contribution in [3.8, 4) is 11.6 Å². The van der Waals surface area contributed by atoms with Crippen molar-refractivity contribution in [2.45, 2.75) is 18.9 Å². The molecule has 0 amide bonds. The molecule has 0 bridgehead atoms. The lowest BCUT2D eigenvalue weighted by Gasteiger charge is -2.49. The van der Waals surface area contributed by atoms with Crippen LogP contribution in [0.15, 0.2) is 58.1 Å². The summed E-state index contributed by atoms with van der Waals surface area (Å²) in [5.41, 5.74) is 0.283. The minimum absolute atomic E-state index is 0.0503. The van der Waals surface area contributed by atoms with E-state index in [1.807, 2.05) is 49.4 Å². The molecule has 0 unspecified atom stereocenters. The number of aromatic nitrogens is 2. The van der Waals surface area contributed by atoms with Crippen molar-refractivity contribution in [1.82, 2.24) is 9.13 Å². The largest absolute Gasteiger partial charge is 0.492 e. The van der Waals surface area contributed by atoms with Crippen LogP contribution in [0.25, 0.3) is 0 Å². The fourth-order valence-corrected chi connectivity index (χ4v) is 5.09. The van der Waals surface area contributed by atoms with Crippen molar-refractivity contribution < 1.29 is 19.0 Å². The molecule has 2 aromatic carbocycles. The number of nitrogens with zero attached hydrogens (tertiary/aromatic N) is 2. The number of hydrogen-bond donors (Lipinski definition) is 0. The van der Waals surface area contributed by atoms with E-state index in [1.54, 1.807) is 13.1 Å². The van der Waals surface area contributed by atoms with Crippen LogP contribution in [0.2, 0.25) is 0 Å². The highest BCUT2D eigenvalue weighted by Gasteiger charge is 2.63. The van der Waals surface area contributed by atoms with E-state index >= 15 is 0 Å². The normalized spacial score (nSPS) is 22.8. The first-order chi connectivity index (χ1) is 15.8. The van der Waals surface area contributed by atoms with Gasteiger partial charge in [-0.25, -0.2) is 4.79 Å². The summed E-state index contributed by atoms with van der Waals surface area (Å²) in [6, 6.07) is 14.9. The third-order valence-electron chi connectivity index (χ3n) is 6.79. The fourth-order valence-electron chi connectivity index (χ4n) is 5.09. The number of carbonyl (C=O) groups is 1. The number of aryl methyl sites for hydroxylation is 1. The summed E-state index contributed by atoms with van der Waals surface area (Å²) in [5, 5.41) is 0. The van der Waals surface area contributed by atoms with Gasteiger partial charge in [0, 0.05) is 25.6 Å². The zero-order valence-corrected chi connectivity index (χ0v) is 18.8. The lowest BCUT2D eigenvalue weighted by atomic mass is 9.62. The van der Waals surface area contributed by atoms with Crippen LogP contribution in [0.4, 0.5) is 0 Å². The molecule has 170 valence electrons. The Labute approximate surface area is 190 Å². The van der Waals surface area contributed by atoms with Gasteiger partial charge in [0.2, 0.25) is 5.88 Å². The molecule has 3 heterocycles. The van der Waals surface area contributed by atoms with Crippen molar-refractivity contribution in [3.05, 3.63) is 91.6 Å². The Morgan fingerprint density at radius 1 is 1.06 bits per heavy atom. The monoisotopic (exact) mass is 448 g/mol. The number of methoxy groups -OCH3 is 1.